The first kappa shape index (κ1) is 81.1. The maximum absolute atomic E-state index is 14.8. The summed E-state index contributed by atoms with van der Waals surface area (Å²) in [5.74, 6) is -8.03. The summed E-state index contributed by atoms with van der Waals surface area (Å²) < 4.78 is 63.8. The van der Waals surface area contributed by atoms with Crippen LogP contribution >= 0.6 is 0 Å². The quantitative estimate of drug-likeness (QED) is 0.0285. The van der Waals surface area contributed by atoms with Gasteiger partial charge in [-0.15, -0.1) is 0 Å². The van der Waals surface area contributed by atoms with Crippen molar-refractivity contribution in [3.05, 3.63) is 47.6 Å². The number of methoxy groups -OCH3 is 3. The Morgan fingerprint density at radius 1 is 0.716 bits per heavy atom. The number of Topliss-reactive ketones (excluding diaryl/α,β-unsaturated/α-hetero) is 2. The molecule has 25 heteroatoms. The highest BCUT2D eigenvalue weighted by Gasteiger charge is 2.53. The summed E-state index contributed by atoms with van der Waals surface area (Å²) in [5, 5.41) is 40.7. The largest absolute Gasteiger partial charge is 0.459 e. The number of fused-ring (bicyclic) bond motifs is 3. The second-order valence-electron chi connectivity index (χ2n) is 26.5. The number of hydrogen-bond acceptors (Lipinski definition) is 22. The van der Waals surface area contributed by atoms with Gasteiger partial charge in [-0.2, -0.15) is 0 Å². The van der Waals surface area contributed by atoms with Gasteiger partial charge in [-0.05, 0) is 121 Å². The van der Waals surface area contributed by atoms with Crippen molar-refractivity contribution >= 4 is 35.4 Å². The van der Waals surface area contributed by atoms with E-state index < -0.39 is 114 Å². The molecule has 1 saturated carbocycles. The van der Waals surface area contributed by atoms with Crippen molar-refractivity contribution in [1.29, 1.82) is 0 Å². The predicted molar refractivity (Wildman–Crippen MR) is 355 cm³/mol. The van der Waals surface area contributed by atoms with Gasteiger partial charge in [0.05, 0.1) is 90.4 Å². The Morgan fingerprint density at radius 2 is 1.37 bits per heavy atom. The van der Waals surface area contributed by atoms with Gasteiger partial charge in [-0.1, -0.05) is 64.2 Å². The number of cyclic esters (lactones) is 1. The minimum absolute atomic E-state index is 0.0455. The molecular formula is C70H117N5O20. The van der Waals surface area contributed by atoms with Crippen molar-refractivity contribution in [1.82, 2.24) is 20.4 Å². The highest BCUT2D eigenvalue weighted by Crippen LogP contribution is 2.38. The standard InChI is InChI=1S/C70H117N5O20/c1-11-88-31-32-90-35-36-92-38-37-91-34-33-89-30-26-72-62(76)45-74-28-24-53(25-29-74)73-69(83)94-57-23-21-52(42-61(57)87-10)41-55(71)60-44-59(86-9)48(4)40-50(6)64(78)65(79)63(77)49(5)39-46(2)17-13-12-14-18-47(3)58(85-8)43-54-22-20-51(7)70(84,95-54)66(80)67(81)75-27-16-15-19-56(75)68(82)93-60/h12-14,17-18,40,46,48-49,51-61,64-65,78-79,84H,11,15-16,19-39,41-45,71H2,1-10H3,(H,72,76)(H,73,83)/b14-12+,17-13+,47-18+,50-40+/t46-,48-,49-,51-,52+,54+,55-,56+,57-,58+,59-,60+,61-,64-,65+,70-/m1/s1. The fourth-order valence-electron chi connectivity index (χ4n) is 13.3. The van der Waals surface area contributed by atoms with E-state index in [1.54, 1.807) is 41.1 Å². The normalized spacial score (nSPS) is 33.4. The van der Waals surface area contributed by atoms with Gasteiger partial charge in [0, 0.05) is 96.8 Å². The zero-order chi connectivity index (χ0) is 69.5. The van der Waals surface area contributed by atoms with Gasteiger partial charge in [-0.25, -0.2) is 9.59 Å². The molecule has 3 saturated heterocycles. The van der Waals surface area contributed by atoms with Crippen LogP contribution in [-0.4, -0.2) is 253 Å². The van der Waals surface area contributed by atoms with E-state index in [-0.39, 0.29) is 56.1 Å². The maximum Gasteiger partial charge on any atom is 0.407 e. The number of alkyl carbamates (subject to hydrolysis) is 1. The minimum atomic E-state index is -2.48. The molecule has 4 aliphatic heterocycles. The highest BCUT2D eigenvalue weighted by molar-refractivity contribution is 6.39. The smallest absolute Gasteiger partial charge is 0.407 e. The molecule has 5 aliphatic rings. The molecule has 16 atom stereocenters. The van der Waals surface area contributed by atoms with Crippen LogP contribution in [0.1, 0.15) is 138 Å². The molecule has 0 radical (unpaired) electrons. The van der Waals surface area contributed by atoms with E-state index in [1.165, 1.54) is 12.0 Å². The van der Waals surface area contributed by atoms with Gasteiger partial charge < -0.3 is 88.7 Å². The van der Waals surface area contributed by atoms with Crippen LogP contribution in [0.15, 0.2) is 47.6 Å². The van der Waals surface area contributed by atoms with E-state index in [9.17, 15) is 44.1 Å². The number of aliphatic hydroxyl groups excluding tert-OH is 2. The van der Waals surface area contributed by atoms with Crippen LogP contribution in [0.25, 0.3) is 0 Å². The average Bonchev–Trinajstić information content (AvgIpc) is 0.778. The van der Waals surface area contributed by atoms with Gasteiger partial charge in [0.15, 0.2) is 5.78 Å². The van der Waals surface area contributed by atoms with Gasteiger partial charge in [0.25, 0.3) is 11.7 Å². The molecular weight excluding hydrogens is 1230 g/mol. The Kier molecular flexibility index (Phi) is 36.8. The average molecular weight is 1350 g/mol. The fourth-order valence-corrected chi connectivity index (χ4v) is 13.3. The molecule has 0 aromatic rings. The third-order valence-electron chi connectivity index (χ3n) is 19.2. The van der Waals surface area contributed by atoms with Crippen LogP contribution in [0.3, 0.4) is 0 Å². The SMILES string of the molecule is CCOCCOCCOCCOCCOCCNC(=O)CN1CCC(NC(=O)O[C@@H]2CC[C@@H](C[C@@H](N)[C@@H]3C[C@@H](OC)[C@H](C)/C=C(\C)[C@@H](O)[C@@H](O)C(=O)[C@H](C)C[C@H](C)/C=C/C=C/C=C(\C)[C@@H](OC)C[C@@H]4CC[C@@H](C)[C@@](O)(O4)C(=O)C(=O)N4CCCC[C@H]4C(=O)O3)C[C@H]2OC)CC1. The molecule has 95 heavy (non-hydrogen) atoms. The Balaban J connectivity index is 1.20. The number of hydrogen-bond donors (Lipinski definition) is 6. The molecule has 5 rings (SSSR count). The van der Waals surface area contributed by atoms with Crippen molar-refractivity contribution in [2.24, 2.45) is 35.3 Å². The number of rotatable bonds is 26. The Morgan fingerprint density at radius 3 is 2.01 bits per heavy atom. The summed E-state index contributed by atoms with van der Waals surface area (Å²) in [6.07, 6.45) is 9.44. The monoisotopic (exact) mass is 1350 g/mol. The number of nitrogens with zero attached hydrogens (tertiary/aromatic N) is 2. The minimum Gasteiger partial charge on any atom is -0.459 e. The van der Waals surface area contributed by atoms with E-state index in [2.05, 4.69) is 10.6 Å². The summed E-state index contributed by atoms with van der Waals surface area (Å²) in [4.78, 5) is 86.8. The number of esters is 1. The van der Waals surface area contributed by atoms with E-state index in [1.807, 2.05) is 63.0 Å². The van der Waals surface area contributed by atoms with Gasteiger partial charge in [0.1, 0.15) is 30.5 Å². The number of nitrogens with two attached hydrogens (primary N) is 1. The van der Waals surface area contributed by atoms with Crippen LogP contribution in [0.4, 0.5) is 4.79 Å². The number of likely N-dealkylation sites (tertiary alicyclic amines) is 1. The van der Waals surface area contributed by atoms with Crippen molar-refractivity contribution in [3.8, 4) is 0 Å². The lowest BCUT2D eigenvalue weighted by Crippen LogP contribution is -2.61. The Hall–Kier alpha value is -4.58. The van der Waals surface area contributed by atoms with Gasteiger partial charge in [0.2, 0.25) is 11.7 Å². The highest BCUT2D eigenvalue weighted by atomic mass is 16.6. The topological polar surface area (TPSA) is 321 Å². The molecule has 0 aromatic carbocycles. The third-order valence-corrected chi connectivity index (χ3v) is 19.2. The van der Waals surface area contributed by atoms with Crippen LogP contribution in [0.2, 0.25) is 0 Å². The number of carbonyl (C=O) groups excluding carboxylic acids is 6. The number of amides is 3. The Labute approximate surface area is 564 Å². The molecule has 7 N–H and O–H groups in total. The molecule has 4 fully saturated rings. The number of ether oxygens (including phenoxy) is 11. The van der Waals surface area contributed by atoms with Crippen LogP contribution in [0.5, 0.6) is 0 Å². The van der Waals surface area contributed by atoms with E-state index in [0.717, 1.165) is 5.57 Å². The molecule has 4 heterocycles. The van der Waals surface area contributed by atoms with Crippen molar-refractivity contribution in [2.45, 2.75) is 211 Å². The molecule has 3 amide bonds. The summed E-state index contributed by atoms with van der Waals surface area (Å²) in [7, 11) is 4.63. The Bertz CT molecular complexity index is 2460. The maximum atomic E-state index is 14.8. The van der Waals surface area contributed by atoms with Crippen LogP contribution < -0.4 is 16.4 Å². The number of carbonyl (C=O) groups is 6. The van der Waals surface area contributed by atoms with E-state index in [0.29, 0.717) is 162 Å². The predicted octanol–water partition coefficient (Wildman–Crippen LogP) is 5.08. The van der Waals surface area contributed by atoms with E-state index >= 15 is 0 Å². The molecule has 1 aliphatic carbocycles. The lowest BCUT2D eigenvalue weighted by atomic mass is 9.80. The second kappa shape index (κ2) is 43.1. The first-order chi connectivity index (χ1) is 45.5. The van der Waals surface area contributed by atoms with Crippen molar-refractivity contribution < 1.29 is 96.2 Å². The molecule has 0 aromatic heterocycles. The molecule has 2 bridgehead atoms. The zero-order valence-corrected chi connectivity index (χ0v) is 58.5. The van der Waals surface area contributed by atoms with Crippen molar-refractivity contribution in [3.63, 3.8) is 0 Å². The number of ketones is 2. The lowest BCUT2D eigenvalue weighted by molar-refractivity contribution is -0.265. The van der Waals surface area contributed by atoms with Crippen LogP contribution in [0, 0.1) is 29.6 Å². The van der Waals surface area contributed by atoms with Gasteiger partial charge in [-0.3, -0.25) is 24.1 Å². The number of piperidine rings is 2. The van der Waals surface area contributed by atoms with Crippen molar-refractivity contribution in [2.75, 3.05) is 120 Å². The zero-order valence-electron chi connectivity index (χ0n) is 58.5. The summed E-state index contributed by atoms with van der Waals surface area (Å²) in [6, 6.07) is -2.17. The number of aliphatic hydroxyl groups is 3. The first-order valence-corrected chi connectivity index (χ1v) is 34.8. The lowest BCUT2D eigenvalue weighted by Gasteiger charge is -2.43. The summed E-state index contributed by atoms with van der Waals surface area (Å²) in [6.45, 7) is 19.4. The summed E-state index contributed by atoms with van der Waals surface area (Å²) >= 11 is 0. The first-order valence-electron chi connectivity index (χ1n) is 34.8. The summed E-state index contributed by atoms with van der Waals surface area (Å²) in [5.41, 5.74) is 8.35. The second-order valence-corrected chi connectivity index (χ2v) is 26.5. The molecule has 0 unspecified atom stereocenters. The fraction of sp³-hybridized carbons (Fsp3) is 0.800. The van der Waals surface area contributed by atoms with Gasteiger partial charge >= 0.3 is 12.1 Å². The van der Waals surface area contributed by atoms with Crippen LogP contribution in [-0.2, 0) is 76.1 Å². The number of allylic oxidation sites excluding steroid dienone is 5. The molecule has 25 nitrogen and oxygen atoms in total. The van der Waals surface area contributed by atoms with E-state index in [4.69, 9.17) is 57.8 Å². The molecule has 0 spiro atoms. The third kappa shape index (κ3) is 26.9. The number of nitrogens with one attached hydrogen (secondary N) is 2. The molecule has 542 valence electrons.